The van der Waals surface area contributed by atoms with Gasteiger partial charge in [-0.25, -0.2) is 0 Å². The zero-order chi connectivity index (χ0) is 14.6. The van der Waals surface area contributed by atoms with Crippen LogP contribution in [0.4, 0.5) is 13.2 Å². The Hall–Kier alpha value is -1.56. The van der Waals surface area contributed by atoms with E-state index in [0.29, 0.717) is 19.5 Å². The Bertz CT molecular complexity index is 456. The van der Waals surface area contributed by atoms with Crippen LogP contribution in [0.25, 0.3) is 0 Å². The fraction of sp³-hybridized carbons (Fsp3) is 0.500. The highest BCUT2D eigenvalue weighted by Crippen LogP contribution is 2.37. The molecule has 0 amide bonds. The monoisotopic (exact) mass is 285 g/mol. The van der Waals surface area contributed by atoms with Gasteiger partial charge in [0.2, 0.25) is 0 Å². The highest BCUT2D eigenvalue weighted by Gasteiger charge is 2.47. The van der Waals surface area contributed by atoms with E-state index in [1.165, 1.54) is 0 Å². The van der Waals surface area contributed by atoms with Gasteiger partial charge in [0.1, 0.15) is 0 Å². The summed E-state index contributed by atoms with van der Waals surface area (Å²) in [4.78, 5) is 3.92. The van der Waals surface area contributed by atoms with Crippen LogP contribution in [0.2, 0.25) is 0 Å². The third-order valence-electron chi connectivity index (χ3n) is 3.43. The summed E-state index contributed by atoms with van der Waals surface area (Å²) in [5.41, 5.74) is 6.54. The van der Waals surface area contributed by atoms with Crippen LogP contribution in [0.1, 0.15) is 18.4 Å². The molecular formula is C14H18F3N3. The van der Waals surface area contributed by atoms with E-state index in [0.717, 1.165) is 5.56 Å². The summed E-state index contributed by atoms with van der Waals surface area (Å²) in [6.07, 6.45) is -4.06. The zero-order valence-corrected chi connectivity index (χ0v) is 11.0. The first kappa shape index (κ1) is 14.8. The average Bonchev–Trinajstić information content (AvgIpc) is 2.77. The van der Waals surface area contributed by atoms with Crippen molar-refractivity contribution < 1.29 is 13.2 Å². The average molecular weight is 285 g/mol. The molecule has 3 N–H and O–H groups in total. The number of nitrogens with one attached hydrogen (secondary N) is 1. The first-order valence-electron chi connectivity index (χ1n) is 6.60. The van der Waals surface area contributed by atoms with E-state index in [4.69, 9.17) is 5.73 Å². The molecular weight excluding hydrogens is 267 g/mol. The Balaban J connectivity index is 1.78. The maximum atomic E-state index is 12.8. The zero-order valence-electron chi connectivity index (χ0n) is 11.0. The molecule has 3 nitrogen and oxygen atoms in total. The van der Waals surface area contributed by atoms with Crippen molar-refractivity contribution in [2.75, 3.05) is 6.54 Å². The van der Waals surface area contributed by atoms with Gasteiger partial charge in [-0.3, -0.25) is 4.99 Å². The van der Waals surface area contributed by atoms with Crippen molar-refractivity contribution in [3.05, 3.63) is 35.9 Å². The van der Waals surface area contributed by atoms with Crippen molar-refractivity contribution in [2.45, 2.75) is 31.6 Å². The molecule has 0 saturated heterocycles. The molecule has 2 rings (SSSR count). The number of nitrogens with zero attached hydrogens (tertiary/aromatic N) is 1. The Morgan fingerprint density at radius 1 is 1.25 bits per heavy atom. The Kier molecular flexibility index (Phi) is 4.65. The fourth-order valence-electron chi connectivity index (χ4n) is 2.40. The van der Waals surface area contributed by atoms with Crippen LogP contribution in [0.15, 0.2) is 35.3 Å². The van der Waals surface area contributed by atoms with Crippen molar-refractivity contribution in [1.29, 1.82) is 0 Å². The van der Waals surface area contributed by atoms with Gasteiger partial charge in [0, 0.05) is 13.0 Å². The topological polar surface area (TPSA) is 50.4 Å². The van der Waals surface area contributed by atoms with Gasteiger partial charge in [0.15, 0.2) is 0 Å². The number of halogens is 3. The van der Waals surface area contributed by atoms with Gasteiger partial charge in [0.05, 0.1) is 17.8 Å². The maximum absolute atomic E-state index is 12.8. The molecule has 0 spiro atoms. The van der Waals surface area contributed by atoms with E-state index in [9.17, 15) is 13.2 Å². The molecule has 0 radical (unpaired) electrons. The SMILES string of the molecule is NC1=N[C@H](CCNCc2ccccc2)[C@@H](C(F)(F)F)C1. The molecule has 0 fully saturated rings. The summed E-state index contributed by atoms with van der Waals surface area (Å²) in [5.74, 6) is -1.32. The van der Waals surface area contributed by atoms with Gasteiger partial charge in [-0.05, 0) is 18.5 Å². The molecule has 1 aliphatic rings. The van der Waals surface area contributed by atoms with Crippen LogP contribution in [-0.4, -0.2) is 24.6 Å². The Morgan fingerprint density at radius 3 is 2.60 bits per heavy atom. The number of hydrogen-bond acceptors (Lipinski definition) is 3. The highest BCUT2D eigenvalue weighted by molar-refractivity contribution is 5.82. The third kappa shape index (κ3) is 3.96. The second-order valence-electron chi connectivity index (χ2n) is 4.99. The van der Waals surface area contributed by atoms with E-state index < -0.39 is 18.1 Å². The largest absolute Gasteiger partial charge is 0.394 e. The number of aliphatic imine (C=N–C) groups is 1. The Morgan fingerprint density at radius 2 is 1.95 bits per heavy atom. The number of nitrogens with two attached hydrogens (primary N) is 1. The van der Waals surface area contributed by atoms with Crippen LogP contribution < -0.4 is 11.1 Å². The van der Waals surface area contributed by atoms with E-state index in [1.807, 2.05) is 30.3 Å². The molecule has 1 aliphatic heterocycles. The quantitative estimate of drug-likeness (QED) is 0.817. The molecule has 20 heavy (non-hydrogen) atoms. The molecule has 0 aliphatic carbocycles. The second kappa shape index (κ2) is 6.26. The molecule has 110 valence electrons. The van der Waals surface area contributed by atoms with Gasteiger partial charge in [-0.1, -0.05) is 30.3 Å². The highest BCUT2D eigenvalue weighted by atomic mass is 19.4. The molecule has 0 saturated carbocycles. The predicted molar refractivity (Wildman–Crippen MR) is 72.3 cm³/mol. The molecule has 2 atom stereocenters. The number of amidine groups is 1. The summed E-state index contributed by atoms with van der Waals surface area (Å²) in [5, 5.41) is 3.14. The minimum atomic E-state index is -4.23. The van der Waals surface area contributed by atoms with E-state index in [-0.39, 0.29) is 12.3 Å². The maximum Gasteiger partial charge on any atom is 0.394 e. The van der Waals surface area contributed by atoms with E-state index in [1.54, 1.807) is 0 Å². The van der Waals surface area contributed by atoms with Gasteiger partial charge in [-0.2, -0.15) is 13.2 Å². The fourth-order valence-corrected chi connectivity index (χ4v) is 2.40. The normalized spacial score (nSPS) is 22.9. The minimum absolute atomic E-state index is 0.111. The lowest BCUT2D eigenvalue weighted by atomic mass is 9.96. The lowest BCUT2D eigenvalue weighted by molar-refractivity contribution is -0.175. The summed E-state index contributed by atoms with van der Waals surface area (Å²) >= 11 is 0. The van der Waals surface area contributed by atoms with Gasteiger partial charge >= 0.3 is 6.18 Å². The molecule has 1 aromatic rings. The molecule has 0 bridgehead atoms. The smallest absolute Gasteiger partial charge is 0.387 e. The van der Waals surface area contributed by atoms with E-state index in [2.05, 4.69) is 10.3 Å². The summed E-state index contributed by atoms with van der Waals surface area (Å²) in [6, 6.07) is 8.97. The van der Waals surface area contributed by atoms with Gasteiger partial charge < -0.3 is 11.1 Å². The second-order valence-corrected chi connectivity index (χ2v) is 4.99. The lowest BCUT2D eigenvalue weighted by Crippen LogP contribution is -2.32. The number of alkyl halides is 3. The van der Waals surface area contributed by atoms with Crippen LogP contribution in [0.5, 0.6) is 0 Å². The molecule has 6 heteroatoms. The third-order valence-corrected chi connectivity index (χ3v) is 3.43. The molecule has 1 heterocycles. The van der Waals surface area contributed by atoms with Crippen LogP contribution in [0.3, 0.4) is 0 Å². The van der Waals surface area contributed by atoms with Crippen LogP contribution in [-0.2, 0) is 6.54 Å². The molecule has 1 aromatic carbocycles. The van der Waals surface area contributed by atoms with Crippen molar-refractivity contribution in [3.8, 4) is 0 Å². The van der Waals surface area contributed by atoms with E-state index >= 15 is 0 Å². The summed E-state index contributed by atoms with van der Waals surface area (Å²) in [6.45, 7) is 1.13. The van der Waals surface area contributed by atoms with Crippen molar-refractivity contribution in [2.24, 2.45) is 16.6 Å². The van der Waals surface area contributed by atoms with Crippen LogP contribution >= 0.6 is 0 Å². The van der Waals surface area contributed by atoms with Crippen molar-refractivity contribution in [3.63, 3.8) is 0 Å². The van der Waals surface area contributed by atoms with Gasteiger partial charge in [0.25, 0.3) is 0 Å². The number of benzene rings is 1. The first-order valence-corrected chi connectivity index (χ1v) is 6.60. The lowest BCUT2D eigenvalue weighted by Gasteiger charge is -2.20. The van der Waals surface area contributed by atoms with Crippen molar-refractivity contribution in [1.82, 2.24) is 5.32 Å². The van der Waals surface area contributed by atoms with Crippen molar-refractivity contribution >= 4 is 5.84 Å². The number of rotatable bonds is 5. The first-order chi connectivity index (χ1) is 9.47. The molecule has 0 aromatic heterocycles. The minimum Gasteiger partial charge on any atom is -0.387 e. The predicted octanol–water partition coefficient (Wildman–Crippen LogP) is 2.47. The summed E-state index contributed by atoms with van der Waals surface area (Å²) < 4.78 is 38.4. The van der Waals surface area contributed by atoms with Gasteiger partial charge in [-0.15, -0.1) is 0 Å². The number of hydrogen-bond donors (Lipinski definition) is 2. The standard InChI is InChI=1S/C14H18F3N3/c15-14(16,17)11-8-13(18)20-12(11)6-7-19-9-10-4-2-1-3-5-10/h1-5,11-12,19H,6-9H2,(H2,18,20)/t11-,12+/m0/s1. The molecule has 0 unspecified atom stereocenters. The summed E-state index contributed by atoms with van der Waals surface area (Å²) in [7, 11) is 0. The van der Waals surface area contributed by atoms with Crippen LogP contribution in [0, 0.1) is 5.92 Å². The Labute approximate surface area is 116 Å².